The lowest BCUT2D eigenvalue weighted by atomic mass is 10.2. The molecule has 0 aliphatic carbocycles. The highest BCUT2D eigenvalue weighted by Gasteiger charge is 2.25. The van der Waals surface area contributed by atoms with E-state index in [4.69, 9.17) is 11.6 Å². The molecule has 9 heteroatoms. The lowest BCUT2D eigenvalue weighted by Crippen LogP contribution is -2.48. The molecule has 6 nitrogen and oxygen atoms in total. The van der Waals surface area contributed by atoms with Gasteiger partial charge in [-0.05, 0) is 30.3 Å². The molecule has 3 aromatic rings. The minimum absolute atomic E-state index is 0.0363. The van der Waals surface area contributed by atoms with E-state index >= 15 is 0 Å². The highest BCUT2D eigenvalue weighted by Crippen LogP contribution is 2.33. The zero-order chi connectivity index (χ0) is 19.9. The summed E-state index contributed by atoms with van der Waals surface area (Å²) in [5.74, 6) is -0.0363. The van der Waals surface area contributed by atoms with E-state index in [2.05, 4.69) is 9.88 Å². The van der Waals surface area contributed by atoms with Gasteiger partial charge in [0.2, 0.25) is 0 Å². The number of hydrogen-bond donors (Lipinski definition) is 0. The molecule has 1 fully saturated rings. The molecule has 1 aliphatic heterocycles. The maximum atomic E-state index is 12.7. The Kier molecular flexibility index (Phi) is 5.03. The maximum absolute atomic E-state index is 12.7. The molecule has 1 saturated heterocycles. The number of rotatable bonds is 3. The summed E-state index contributed by atoms with van der Waals surface area (Å²) in [6, 6.07) is 12.2. The minimum Gasteiger partial charge on any atom is -0.345 e. The second-order valence-corrected chi connectivity index (χ2v) is 10.1. The van der Waals surface area contributed by atoms with E-state index in [9.17, 15) is 13.2 Å². The standard InChI is InChI=1S/C19H18ClN3O3S2/c1-28(25,26)16-7-3-6-15-17(16)21-19(27-15)23-10-8-22(9-11-23)18(24)13-4-2-5-14(20)12-13/h2-7,12H,8-11H2,1H3. The molecule has 0 atom stereocenters. The van der Waals surface area contributed by atoms with Crippen molar-refractivity contribution in [3.8, 4) is 0 Å². The number of piperazine rings is 1. The fourth-order valence-electron chi connectivity index (χ4n) is 3.25. The van der Waals surface area contributed by atoms with E-state index < -0.39 is 9.84 Å². The number of benzene rings is 2. The number of anilines is 1. The molecule has 0 saturated carbocycles. The van der Waals surface area contributed by atoms with Crippen LogP contribution in [0.15, 0.2) is 47.4 Å². The van der Waals surface area contributed by atoms with Crippen molar-refractivity contribution in [3.63, 3.8) is 0 Å². The number of fused-ring (bicyclic) bond motifs is 1. The van der Waals surface area contributed by atoms with Crippen molar-refractivity contribution in [3.05, 3.63) is 53.1 Å². The Morgan fingerprint density at radius 3 is 2.50 bits per heavy atom. The first-order valence-electron chi connectivity index (χ1n) is 8.72. The fourth-order valence-corrected chi connectivity index (χ4v) is 5.38. The average molecular weight is 436 g/mol. The van der Waals surface area contributed by atoms with Crippen molar-refractivity contribution >= 4 is 54.0 Å². The van der Waals surface area contributed by atoms with Gasteiger partial charge < -0.3 is 9.80 Å². The quantitative estimate of drug-likeness (QED) is 0.631. The number of carbonyl (C=O) groups is 1. The number of aromatic nitrogens is 1. The Bertz CT molecular complexity index is 1150. The molecule has 1 aromatic heterocycles. The number of sulfone groups is 1. The van der Waals surface area contributed by atoms with Crippen molar-refractivity contribution in [2.24, 2.45) is 0 Å². The predicted octanol–water partition coefficient (Wildman–Crippen LogP) is 3.32. The predicted molar refractivity (Wildman–Crippen MR) is 112 cm³/mol. The summed E-state index contributed by atoms with van der Waals surface area (Å²) in [5, 5.41) is 1.32. The van der Waals surface area contributed by atoms with Gasteiger partial charge in [0.15, 0.2) is 15.0 Å². The van der Waals surface area contributed by atoms with Crippen LogP contribution in [0.4, 0.5) is 5.13 Å². The van der Waals surface area contributed by atoms with Crippen LogP contribution in [0, 0.1) is 0 Å². The summed E-state index contributed by atoms with van der Waals surface area (Å²) in [4.78, 5) is 21.4. The molecule has 0 N–H and O–H groups in total. The third kappa shape index (κ3) is 3.72. The topological polar surface area (TPSA) is 70.6 Å². The van der Waals surface area contributed by atoms with Crippen LogP contribution in [0.2, 0.25) is 5.02 Å². The number of amides is 1. The fraction of sp³-hybridized carbons (Fsp3) is 0.263. The summed E-state index contributed by atoms with van der Waals surface area (Å²) in [6.45, 7) is 2.42. The molecule has 28 heavy (non-hydrogen) atoms. The van der Waals surface area contributed by atoms with Crippen LogP contribution in [0.25, 0.3) is 10.2 Å². The molecule has 1 amide bonds. The highest BCUT2D eigenvalue weighted by atomic mass is 35.5. The smallest absolute Gasteiger partial charge is 0.254 e. The van der Waals surface area contributed by atoms with E-state index in [1.807, 2.05) is 6.07 Å². The van der Waals surface area contributed by atoms with Crippen LogP contribution in [0.3, 0.4) is 0 Å². The Labute approximate surface area is 172 Å². The second kappa shape index (κ2) is 7.35. The maximum Gasteiger partial charge on any atom is 0.254 e. The molecule has 1 aliphatic rings. The second-order valence-electron chi connectivity index (χ2n) is 6.66. The number of hydrogen-bond acceptors (Lipinski definition) is 6. The van der Waals surface area contributed by atoms with Gasteiger partial charge in [-0.1, -0.05) is 35.1 Å². The molecule has 0 bridgehead atoms. The summed E-state index contributed by atoms with van der Waals surface area (Å²) in [5.41, 5.74) is 1.10. The summed E-state index contributed by atoms with van der Waals surface area (Å²) >= 11 is 7.46. The SMILES string of the molecule is CS(=O)(=O)c1cccc2sc(N3CCN(C(=O)c4cccc(Cl)c4)CC3)nc12. The Balaban J connectivity index is 1.52. The Morgan fingerprint density at radius 2 is 1.82 bits per heavy atom. The normalized spacial score (nSPS) is 15.2. The van der Waals surface area contributed by atoms with E-state index in [1.165, 1.54) is 17.6 Å². The van der Waals surface area contributed by atoms with Gasteiger partial charge in [-0.2, -0.15) is 0 Å². The minimum atomic E-state index is -3.34. The van der Waals surface area contributed by atoms with Crippen LogP contribution < -0.4 is 4.90 Å². The molecule has 0 spiro atoms. The third-order valence-electron chi connectivity index (χ3n) is 4.68. The van der Waals surface area contributed by atoms with E-state index in [0.29, 0.717) is 42.3 Å². The van der Waals surface area contributed by atoms with Gasteiger partial charge in [0.1, 0.15) is 5.52 Å². The zero-order valence-electron chi connectivity index (χ0n) is 15.1. The largest absolute Gasteiger partial charge is 0.345 e. The van der Waals surface area contributed by atoms with Crippen molar-refractivity contribution in [2.45, 2.75) is 4.90 Å². The monoisotopic (exact) mass is 435 g/mol. The molecule has 0 unspecified atom stereocenters. The van der Waals surface area contributed by atoms with E-state index in [0.717, 1.165) is 9.83 Å². The number of thiazole rings is 1. The summed E-state index contributed by atoms with van der Waals surface area (Å²) in [6.07, 6.45) is 1.20. The molecular formula is C19H18ClN3O3S2. The van der Waals surface area contributed by atoms with Crippen LogP contribution in [-0.4, -0.2) is 56.6 Å². The average Bonchev–Trinajstić information content (AvgIpc) is 3.11. The number of halogens is 1. The molecule has 146 valence electrons. The zero-order valence-corrected chi connectivity index (χ0v) is 17.5. The molecule has 4 rings (SSSR count). The molecular weight excluding hydrogens is 418 g/mol. The van der Waals surface area contributed by atoms with Crippen molar-refractivity contribution in [2.75, 3.05) is 37.3 Å². The number of para-hydroxylation sites is 1. The molecule has 2 aromatic carbocycles. The van der Waals surface area contributed by atoms with Crippen LogP contribution in [-0.2, 0) is 9.84 Å². The van der Waals surface area contributed by atoms with Crippen LogP contribution in [0.1, 0.15) is 10.4 Å². The third-order valence-corrected chi connectivity index (χ3v) is 7.12. The first-order valence-corrected chi connectivity index (χ1v) is 11.8. The van der Waals surface area contributed by atoms with Gasteiger partial charge in [-0.25, -0.2) is 13.4 Å². The number of nitrogens with zero attached hydrogens (tertiary/aromatic N) is 3. The van der Waals surface area contributed by atoms with Crippen molar-refractivity contribution in [1.29, 1.82) is 0 Å². The van der Waals surface area contributed by atoms with Crippen molar-refractivity contribution in [1.82, 2.24) is 9.88 Å². The van der Waals surface area contributed by atoms with Gasteiger partial charge in [-0.3, -0.25) is 4.79 Å². The molecule has 2 heterocycles. The molecule has 0 radical (unpaired) electrons. The lowest BCUT2D eigenvalue weighted by molar-refractivity contribution is 0.0746. The summed E-state index contributed by atoms with van der Waals surface area (Å²) < 4.78 is 24.9. The number of carbonyl (C=O) groups excluding carboxylic acids is 1. The van der Waals surface area contributed by atoms with Gasteiger partial charge in [-0.15, -0.1) is 0 Å². The van der Waals surface area contributed by atoms with Gasteiger partial charge in [0.05, 0.1) is 9.60 Å². The van der Waals surface area contributed by atoms with Gasteiger partial charge >= 0.3 is 0 Å². The van der Waals surface area contributed by atoms with Crippen LogP contribution in [0.5, 0.6) is 0 Å². The van der Waals surface area contributed by atoms with E-state index in [1.54, 1.807) is 41.3 Å². The summed E-state index contributed by atoms with van der Waals surface area (Å²) in [7, 11) is -3.34. The van der Waals surface area contributed by atoms with Crippen LogP contribution >= 0.6 is 22.9 Å². The highest BCUT2D eigenvalue weighted by molar-refractivity contribution is 7.91. The van der Waals surface area contributed by atoms with Gasteiger partial charge in [0, 0.05) is 43.0 Å². The lowest BCUT2D eigenvalue weighted by Gasteiger charge is -2.34. The first kappa shape index (κ1) is 19.2. The Hall–Kier alpha value is -2.16. The van der Waals surface area contributed by atoms with E-state index in [-0.39, 0.29) is 10.8 Å². The Morgan fingerprint density at radius 1 is 1.11 bits per heavy atom. The van der Waals surface area contributed by atoms with Crippen molar-refractivity contribution < 1.29 is 13.2 Å². The first-order chi connectivity index (χ1) is 13.3. The van der Waals surface area contributed by atoms with Gasteiger partial charge in [0.25, 0.3) is 5.91 Å².